The van der Waals surface area contributed by atoms with Crippen molar-refractivity contribution in [1.82, 2.24) is 14.5 Å². The Morgan fingerprint density at radius 2 is 1.89 bits per heavy atom. The number of benzene rings is 1. The van der Waals surface area contributed by atoms with E-state index in [1.165, 1.54) is 27.3 Å². The lowest BCUT2D eigenvalue weighted by Crippen LogP contribution is -2.38. The summed E-state index contributed by atoms with van der Waals surface area (Å²) in [6, 6.07) is 18.8. The van der Waals surface area contributed by atoms with Gasteiger partial charge in [0, 0.05) is 23.0 Å². The van der Waals surface area contributed by atoms with E-state index >= 15 is 0 Å². The van der Waals surface area contributed by atoms with Crippen LogP contribution in [0.3, 0.4) is 0 Å². The van der Waals surface area contributed by atoms with Crippen molar-refractivity contribution in [3.05, 3.63) is 97.2 Å². The number of fused-ring (bicyclic) bond motifs is 1. The van der Waals surface area contributed by atoms with Crippen LogP contribution in [0.4, 0.5) is 0 Å². The summed E-state index contributed by atoms with van der Waals surface area (Å²) in [5.41, 5.74) is 4.36. The van der Waals surface area contributed by atoms with E-state index in [0.29, 0.717) is 6.67 Å². The zero-order chi connectivity index (χ0) is 18.9. The van der Waals surface area contributed by atoms with Crippen molar-refractivity contribution in [1.29, 1.82) is 0 Å². The summed E-state index contributed by atoms with van der Waals surface area (Å²) in [5, 5.41) is 4.10. The predicted molar refractivity (Wildman–Crippen MR) is 115 cm³/mol. The Bertz CT molecular complexity index is 1130. The Hall–Kier alpha value is -2.54. The Labute approximate surface area is 171 Å². The number of nitrogens with zero attached hydrogens (tertiary/aromatic N) is 3. The molecule has 1 aliphatic heterocycles. The number of aromatic nitrogens is 2. The van der Waals surface area contributed by atoms with Crippen LogP contribution in [0.1, 0.15) is 22.0 Å². The molecule has 0 fully saturated rings. The minimum Gasteiger partial charge on any atom is -0.284 e. The molecule has 0 amide bonds. The minimum absolute atomic E-state index is 0.0589. The first-order chi connectivity index (χ1) is 13.8. The summed E-state index contributed by atoms with van der Waals surface area (Å²) >= 11 is 3.08. The van der Waals surface area contributed by atoms with E-state index in [2.05, 4.69) is 45.6 Å². The van der Waals surface area contributed by atoms with Crippen LogP contribution in [0.25, 0.3) is 11.4 Å². The standard InChI is InChI=1S/C22H19N3OS2/c26-22-25(19(14-28-22)18-8-4-5-11-23-18)15-24-12-9-20-17(10-13-27-20)21(24)16-6-2-1-3-7-16/h1-8,10-11,13-14,21H,9,12,15H2. The van der Waals surface area contributed by atoms with Crippen LogP contribution >= 0.6 is 22.7 Å². The molecule has 0 spiro atoms. The summed E-state index contributed by atoms with van der Waals surface area (Å²) in [6.45, 7) is 1.49. The first kappa shape index (κ1) is 17.6. The summed E-state index contributed by atoms with van der Waals surface area (Å²) in [7, 11) is 0. The summed E-state index contributed by atoms with van der Waals surface area (Å²) < 4.78 is 1.86. The molecular formula is C22H19N3OS2. The second kappa shape index (κ2) is 7.47. The normalized spacial score (nSPS) is 16.8. The van der Waals surface area contributed by atoms with Crippen molar-refractivity contribution in [2.45, 2.75) is 19.1 Å². The van der Waals surface area contributed by atoms with Crippen molar-refractivity contribution >= 4 is 22.7 Å². The van der Waals surface area contributed by atoms with E-state index < -0.39 is 0 Å². The van der Waals surface area contributed by atoms with Crippen molar-refractivity contribution < 1.29 is 0 Å². The van der Waals surface area contributed by atoms with E-state index in [9.17, 15) is 4.79 Å². The lowest BCUT2D eigenvalue weighted by atomic mass is 9.94. The monoisotopic (exact) mass is 405 g/mol. The number of hydrogen-bond donors (Lipinski definition) is 0. The van der Waals surface area contributed by atoms with Gasteiger partial charge in [-0.25, -0.2) is 0 Å². The van der Waals surface area contributed by atoms with Crippen LogP contribution in [0.15, 0.2) is 76.3 Å². The highest BCUT2D eigenvalue weighted by molar-refractivity contribution is 7.10. The molecule has 1 atom stereocenters. The topological polar surface area (TPSA) is 38.1 Å². The van der Waals surface area contributed by atoms with Crippen molar-refractivity contribution in [2.75, 3.05) is 6.54 Å². The molecule has 6 heteroatoms. The SMILES string of the molecule is O=c1scc(-c2ccccn2)n1CN1CCc2sccc2C1c1ccccc1. The van der Waals surface area contributed by atoms with Crippen molar-refractivity contribution in [2.24, 2.45) is 0 Å². The highest BCUT2D eigenvalue weighted by Crippen LogP contribution is 2.38. The van der Waals surface area contributed by atoms with E-state index in [1.807, 2.05) is 45.5 Å². The van der Waals surface area contributed by atoms with Crippen LogP contribution in [0, 0.1) is 0 Å². The molecule has 0 saturated carbocycles. The molecular weight excluding hydrogens is 386 g/mol. The van der Waals surface area contributed by atoms with Gasteiger partial charge in [0.25, 0.3) is 0 Å². The second-order valence-corrected chi connectivity index (χ2v) is 8.67. The summed E-state index contributed by atoms with van der Waals surface area (Å²) in [6.07, 6.45) is 2.79. The van der Waals surface area contributed by atoms with Gasteiger partial charge in [-0.05, 0) is 41.1 Å². The third-order valence-electron chi connectivity index (χ3n) is 5.21. The lowest BCUT2D eigenvalue weighted by molar-refractivity contribution is 0.166. The third-order valence-corrected chi connectivity index (χ3v) is 6.97. The smallest absolute Gasteiger partial charge is 0.284 e. The number of thiophene rings is 1. The van der Waals surface area contributed by atoms with Gasteiger partial charge >= 0.3 is 4.87 Å². The highest BCUT2D eigenvalue weighted by atomic mass is 32.1. The predicted octanol–water partition coefficient (Wildman–Crippen LogP) is 4.64. The van der Waals surface area contributed by atoms with Crippen LogP contribution in [-0.4, -0.2) is 21.0 Å². The molecule has 140 valence electrons. The van der Waals surface area contributed by atoms with Crippen LogP contribution in [0.2, 0.25) is 0 Å². The molecule has 0 saturated heterocycles. The van der Waals surface area contributed by atoms with Crippen molar-refractivity contribution in [3.8, 4) is 11.4 Å². The molecule has 0 radical (unpaired) electrons. The molecule has 4 aromatic rings. The number of rotatable bonds is 4. The van der Waals surface area contributed by atoms with Crippen LogP contribution < -0.4 is 4.87 Å². The van der Waals surface area contributed by atoms with Gasteiger partial charge in [0.2, 0.25) is 0 Å². The van der Waals surface area contributed by atoms with Gasteiger partial charge in [0.05, 0.1) is 24.1 Å². The quantitative estimate of drug-likeness (QED) is 0.496. The maximum atomic E-state index is 12.7. The molecule has 4 nitrogen and oxygen atoms in total. The van der Waals surface area contributed by atoms with Gasteiger partial charge in [-0.3, -0.25) is 19.2 Å². The first-order valence-corrected chi connectivity index (χ1v) is 11.0. The molecule has 1 aliphatic rings. The highest BCUT2D eigenvalue weighted by Gasteiger charge is 2.30. The van der Waals surface area contributed by atoms with Gasteiger partial charge in [-0.2, -0.15) is 0 Å². The number of pyridine rings is 1. The Morgan fingerprint density at radius 1 is 1.04 bits per heavy atom. The molecule has 5 rings (SSSR count). The molecule has 4 heterocycles. The third kappa shape index (κ3) is 3.13. The molecule has 3 aromatic heterocycles. The number of hydrogen-bond acceptors (Lipinski definition) is 5. The molecule has 1 unspecified atom stereocenters. The van der Waals surface area contributed by atoms with Crippen LogP contribution in [0.5, 0.6) is 0 Å². The van der Waals surface area contributed by atoms with Gasteiger partial charge in [-0.1, -0.05) is 47.7 Å². The Balaban J connectivity index is 1.55. The van der Waals surface area contributed by atoms with Crippen molar-refractivity contribution in [3.63, 3.8) is 0 Å². The molecule has 1 aromatic carbocycles. The molecule has 0 bridgehead atoms. The maximum Gasteiger partial charge on any atom is 0.308 e. The van der Waals surface area contributed by atoms with Gasteiger partial charge < -0.3 is 0 Å². The van der Waals surface area contributed by atoms with Gasteiger partial charge in [0.15, 0.2) is 0 Å². The van der Waals surface area contributed by atoms with Gasteiger partial charge in [-0.15, -0.1) is 11.3 Å². The lowest BCUT2D eigenvalue weighted by Gasteiger charge is -2.36. The second-order valence-electron chi connectivity index (χ2n) is 6.85. The fraction of sp³-hybridized carbons (Fsp3) is 0.182. The first-order valence-electron chi connectivity index (χ1n) is 9.26. The van der Waals surface area contributed by atoms with Gasteiger partial charge in [0.1, 0.15) is 0 Å². The average molecular weight is 406 g/mol. The maximum absolute atomic E-state index is 12.7. The fourth-order valence-electron chi connectivity index (χ4n) is 3.91. The zero-order valence-electron chi connectivity index (χ0n) is 15.2. The van der Waals surface area contributed by atoms with Crippen LogP contribution in [-0.2, 0) is 13.1 Å². The Morgan fingerprint density at radius 3 is 2.71 bits per heavy atom. The van der Waals surface area contributed by atoms with E-state index in [0.717, 1.165) is 24.4 Å². The summed E-state index contributed by atoms with van der Waals surface area (Å²) in [4.78, 5) is 21.0. The molecule has 28 heavy (non-hydrogen) atoms. The van der Waals surface area contributed by atoms with E-state index in [-0.39, 0.29) is 10.9 Å². The molecule has 0 aliphatic carbocycles. The Kier molecular flexibility index (Phi) is 4.68. The summed E-state index contributed by atoms with van der Waals surface area (Å²) in [5.74, 6) is 0. The largest absolute Gasteiger partial charge is 0.308 e. The van der Waals surface area contributed by atoms with E-state index in [4.69, 9.17) is 0 Å². The minimum atomic E-state index is 0.0589. The average Bonchev–Trinajstić information content (AvgIpc) is 3.36. The van der Waals surface area contributed by atoms with E-state index in [1.54, 1.807) is 6.20 Å². The fourth-order valence-corrected chi connectivity index (χ4v) is 5.55. The molecule has 0 N–H and O–H groups in total. The number of thiazole rings is 1. The zero-order valence-corrected chi connectivity index (χ0v) is 16.8.